The lowest BCUT2D eigenvalue weighted by molar-refractivity contribution is 0.0953. The fraction of sp³-hybridized carbons (Fsp3) is 0.273. The minimum Gasteiger partial charge on any atom is -0.351 e. The molecule has 0 aliphatic heterocycles. The summed E-state index contributed by atoms with van der Waals surface area (Å²) in [5.41, 5.74) is 4.63. The van der Waals surface area contributed by atoms with Crippen molar-refractivity contribution in [3.63, 3.8) is 0 Å². The molecule has 0 fully saturated rings. The molecule has 1 amide bonds. The smallest absolute Gasteiger partial charge is 0.253 e. The van der Waals surface area contributed by atoms with Gasteiger partial charge in [-0.25, -0.2) is 13.1 Å². The van der Waals surface area contributed by atoms with Crippen LogP contribution in [0.15, 0.2) is 47.4 Å². The fourth-order valence-corrected chi connectivity index (χ4v) is 4.49. The van der Waals surface area contributed by atoms with Gasteiger partial charge in [0.2, 0.25) is 10.0 Å². The molecule has 0 aliphatic carbocycles. The van der Waals surface area contributed by atoms with Crippen LogP contribution in [0.3, 0.4) is 0 Å². The van der Waals surface area contributed by atoms with E-state index in [0.29, 0.717) is 16.8 Å². The van der Waals surface area contributed by atoms with Crippen LogP contribution >= 0.6 is 0 Å². The molecular formula is C22H25N3O3S. The largest absolute Gasteiger partial charge is 0.351 e. The molecule has 7 heteroatoms. The molecule has 0 bridgehead atoms. The van der Waals surface area contributed by atoms with Crippen molar-refractivity contribution in [2.24, 2.45) is 0 Å². The normalized spacial score (nSPS) is 11.6. The van der Waals surface area contributed by atoms with Crippen LogP contribution in [-0.2, 0) is 10.0 Å². The van der Waals surface area contributed by atoms with Gasteiger partial charge in [-0.1, -0.05) is 24.3 Å². The zero-order valence-electron chi connectivity index (χ0n) is 17.0. The first-order chi connectivity index (χ1) is 13.7. The second-order valence-electron chi connectivity index (χ2n) is 7.24. The van der Waals surface area contributed by atoms with E-state index < -0.39 is 10.0 Å². The Hall–Kier alpha value is -2.77. The third kappa shape index (κ3) is 4.81. The number of amides is 1. The lowest BCUT2D eigenvalue weighted by Gasteiger charge is -2.12. The molecule has 3 rings (SSSR count). The minimum absolute atomic E-state index is 0.0979. The first-order valence-electron chi connectivity index (χ1n) is 9.40. The molecule has 152 valence electrons. The summed E-state index contributed by atoms with van der Waals surface area (Å²) >= 11 is 0. The van der Waals surface area contributed by atoms with Crippen molar-refractivity contribution in [3.8, 4) is 0 Å². The topological polar surface area (TPSA) is 88.2 Å². The van der Waals surface area contributed by atoms with Gasteiger partial charge in [-0.05, 0) is 62.6 Å². The number of aryl methyl sites for hydroxylation is 4. The maximum atomic E-state index is 12.5. The second kappa shape index (κ2) is 8.31. The van der Waals surface area contributed by atoms with Gasteiger partial charge in [-0.3, -0.25) is 9.78 Å². The molecule has 1 heterocycles. The maximum absolute atomic E-state index is 12.5. The van der Waals surface area contributed by atoms with Crippen LogP contribution in [0, 0.1) is 27.7 Å². The minimum atomic E-state index is -3.63. The van der Waals surface area contributed by atoms with Crippen LogP contribution in [0.5, 0.6) is 0 Å². The van der Waals surface area contributed by atoms with Crippen molar-refractivity contribution < 1.29 is 13.2 Å². The molecule has 0 atom stereocenters. The summed E-state index contributed by atoms with van der Waals surface area (Å²) < 4.78 is 27.6. The van der Waals surface area contributed by atoms with Crippen molar-refractivity contribution in [3.05, 3.63) is 70.4 Å². The number of rotatable bonds is 6. The van der Waals surface area contributed by atoms with E-state index in [-0.39, 0.29) is 23.9 Å². The van der Waals surface area contributed by atoms with E-state index in [1.807, 2.05) is 44.2 Å². The lowest BCUT2D eigenvalue weighted by Crippen LogP contribution is -2.35. The highest BCUT2D eigenvalue weighted by molar-refractivity contribution is 7.89. The van der Waals surface area contributed by atoms with Crippen LogP contribution in [0.25, 0.3) is 10.9 Å². The number of benzene rings is 2. The first kappa shape index (κ1) is 21.0. The number of carbonyl (C=O) groups is 1. The van der Waals surface area contributed by atoms with Crippen molar-refractivity contribution >= 4 is 26.8 Å². The van der Waals surface area contributed by atoms with E-state index in [2.05, 4.69) is 15.0 Å². The Kier molecular flexibility index (Phi) is 6.00. The molecule has 0 saturated heterocycles. The van der Waals surface area contributed by atoms with Gasteiger partial charge in [0.1, 0.15) is 0 Å². The predicted octanol–water partition coefficient (Wildman–Crippen LogP) is 3.18. The fourth-order valence-electron chi connectivity index (χ4n) is 3.13. The molecule has 0 saturated carbocycles. The molecule has 3 aromatic rings. The molecule has 1 aromatic heterocycles. The Labute approximate surface area is 171 Å². The third-order valence-corrected chi connectivity index (χ3v) is 6.35. The van der Waals surface area contributed by atoms with Gasteiger partial charge in [0, 0.05) is 18.5 Å². The molecule has 2 N–H and O–H groups in total. The van der Waals surface area contributed by atoms with E-state index in [9.17, 15) is 13.2 Å². The van der Waals surface area contributed by atoms with Gasteiger partial charge < -0.3 is 5.32 Å². The number of pyridine rings is 1. The summed E-state index contributed by atoms with van der Waals surface area (Å²) in [6, 6.07) is 13.0. The Morgan fingerprint density at radius 1 is 0.931 bits per heavy atom. The van der Waals surface area contributed by atoms with Gasteiger partial charge in [-0.15, -0.1) is 0 Å². The van der Waals surface area contributed by atoms with Gasteiger partial charge in [-0.2, -0.15) is 0 Å². The second-order valence-corrected chi connectivity index (χ2v) is 8.98. The summed E-state index contributed by atoms with van der Waals surface area (Å²) in [6.07, 6.45) is 0. The molecule has 0 radical (unpaired) electrons. The Morgan fingerprint density at radius 3 is 2.38 bits per heavy atom. The van der Waals surface area contributed by atoms with E-state index in [0.717, 1.165) is 22.0 Å². The van der Waals surface area contributed by atoms with E-state index in [4.69, 9.17) is 0 Å². The number of nitrogens with zero attached hydrogens (tertiary/aromatic N) is 1. The number of nitrogens with one attached hydrogen (secondary N) is 2. The molecular weight excluding hydrogens is 386 g/mol. The quantitative estimate of drug-likeness (QED) is 0.610. The molecule has 0 spiro atoms. The standard InChI is InChI=1S/C22H25N3O3S/c1-14-6-8-18-13-19(17(4)25-20(18)11-14)22(26)23-9-10-24-29(27,28)21-12-15(2)5-7-16(21)3/h5-8,11-13,24H,9-10H2,1-4H3,(H,23,26). The average molecular weight is 412 g/mol. The number of carbonyl (C=O) groups excluding carboxylic acids is 1. The molecule has 29 heavy (non-hydrogen) atoms. The number of hydrogen-bond donors (Lipinski definition) is 2. The van der Waals surface area contributed by atoms with Crippen LogP contribution in [-0.4, -0.2) is 32.4 Å². The van der Waals surface area contributed by atoms with Crippen molar-refractivity contribution in [1.29, 1.82) is 0 Å². The molecule has 6 nitrogen and oxygen atoms in total. The summed E-state index contributed by atoms with van der Waals surface area (Å²) in [5.74, 6) is -0.275. The van der Waals surface area contributed by atoms with Crippen molar-refractivity contribution in [1.82, 2.24) is 15.0 Å². The van der Waals surface area contributed by atoms with Crippen LogP contribution < -0.4 is 10.0 Å². The average Bonchev–Trinajstić information content (AvgIpc) is 2.66. The SMILES string of the molecule is Cc1ccc(C)c(S(=O)(=O)NCCNC(=O)c2cc3ccc(C)cc3nc2C)c1. The Morgan fingerprint density at radius 2 is 1.62 bits per heavy atom. The number of fused-ring (bicyclic) bond motifs is 1. The maximum Gasteiger partial charge on any atom is 0.253 e. The van der Waals surface area contributed by atoms with E-state index >= 15 is 0 Å². The summed E-state index contributed by atoms with van der Waals surface area (Å²) in [5, 5.41) is 3.65. The first-order valence-corrected chi connectivity index (χ1v) is 10.9. The zero-order chi connectivity index (χ0) is 21.2. The molecule has 0 unspecified atom stereocenters. The number of aromatic nitrogens is 1. The van der Waals surface area contributed by atoms with Crippen molar-refractivity contribution in [2.75, 3.05) is 13.1 Å². The van der Waals surface area contributed by atoms with E-state index in [1.54, 1.807) is 26.0 Å². The zero-order valence-corrected chi connectivity index (χ0v) is 17.9. The highest BCUT2D eigenvalue weighted by Crippen LogP contribution is 2.18. The van der Waals surface area contributed by atoms with Gasteiger partial charge in [0.15, 0.2) is 0 Å². The lowest BCUT2D eigenvalue weighted by atomic mass is 10.1. The Bertz CT molecular complexity index is 1190. The van der Waals surface area contributed by atoms with Crippen LogP contribution in [0.2, 0.25) is 0 Å². The van der Waals surface area contributed by atoms with Crippen LogP contribution in [0.1, 0.15) is 32.7 Å². The van der Waals surface area contributed by atoms with Crippen LogP contribution in [0.4, 0.5) is 0 Å². The summed E-state index contributed by atoms with van der Waals surface area (Å²) in [6.45, 7) is 7.66. The highest BCUT2D eigenvalue weighted by Gasteiger charge is 2.17. The van der Waals surface area contributed by atoms with Gasteiger partial charge >= 0.3 is 0 Å². The molecule has 2 aromatic carbocycles. The number of hydrogen-bond acceptors (Lipinski definition) is 4. The predicted molar refractivity (Wildman–Crippen MR) is 115 cm³/mol. The molecule has 0 aliphatic rings. The monoisotopic (exact) mass is 411 g/mol. The third-order valence-electron chi connectivity index (χ3n) is 4.74. The highest BCUT2D eigenvalue weighted by atomic mass is 32.2. The Balaban J connectivity index is 1.64. The summed E-state index contributed by atoms with van der Waals surface area (Å²) in [7, 11) is -3.63. The number of sulfonamides is 1. The van der Waals surface area contributed by atoms with Gasteiger partial charge in [0.25, 0.3) is 5.91 Å². The van der Waals surface area contributed by atoms with E-state index in [1.165, 1.54) is 0 Å². The van der Waals surface area contributed by atoms with Crippen molar-refractivity contribution in [2.45, 2.75) is 32.6 Å². The van der Waals surface area contributed by atoms with Gasteiger partial charge in [0.05, 0.1) is 21.7 Å². The summed E-state index contributed by atoms with van der Waals surface area (Å²) in [4.78, 5) is 17.3.